The summed E-state index contributed by atoms with van der Waals surface area (Å²) < 4.78 is 62.0. The number of unbranched alkanes of at least 4 members (excludes halogenated alkanes) is 5. The van der Waals surface area contributed by atoms with Crippen LogP contribution in [0.5, 0.6) is 5.75 Å². The van der Waals surface area contributed by atoms with Crippen molar-refractivity contribution in [2.75, 3.05) is 19.8 Å². The predicted octanol–water partition coefficient (Wildman–Crippen LogP) is 9.99. The Morgan fingerprint density at radius 3 is 2.15 bits per heavy atom. The standard InChI is InChI=1S/C35H41F3O3/c1-3-5-7-8-9-11-21-39-32-20-19-30(34(37)35(32)38)26-15-13-25(14-16-26)29-18-17-27(22-31(29)36)28-23-40-33(41-24-28)12-10-6-4-2/h4,6,13-20,22,28,33H,3,5,7-12,21,23-24H2,1-2H3/b6-4+. The third-order valence-corrected chi connectivity index (χ3v) is 7.55. The van der Waals surface area contributed by atoms with Gasteiger partial charge in [-0.3, -0.25) is 0 Å². The summed E-state index contributed by atoms with van der Waals surface area (Å²) in [4.78, 5) is 0. The highest BCUT2D eigenvalue weighted by Crippen LogP contribution is 2.33. The van der Waals surface area contributed by atoms with Gasteiger partial charge >= 0.3 is 0 Å². The van der Waals surface area contributed by atoms with Crippen LogP contribution in [-0.2, 0) is 9.47 Å². The van der Waals surface area contributed by atoms with Gasteiger partial charge < -0.3 is 14.2 Å². The van der Waals surface area contributed by atoms with Crippen molar-refractivity contribution in [3.8, 4) is 28.0 Å². The maximum absolute atomic E-state index is 15.2. The molecule has 220 valence electrons. The van der Waals surface area contributed by atoms with E-state index in [9.17, 15) is 8.78 Å². The number of hydrogen-bond donors (Lipinski definition) is 0. The Balaban J connectivity index is 1.35. The van der Waals surface area contributed by atoms with E-state index in [-0.39, 0.29) is 29.3 Å². The Hall–Kier alpha value is -3.09. The van der Waals surface area contributed by atoms with Crippen LogP contribution in [0.1, 0.15) is 76.7 Å². The molecule has 0 amide bonds. The Bertz CT molecular complexity index is 1260. The van der Waals surface area contributed by atoms with Gasteiger partial charge in [-0.15, -0.1) is 0 Å². The Morgan fingerprint density at radius 2 is 1.46 bits per heavy atom. The van der Waals surface area contributed by atoms with Gasteiger partial charge in [-0.1, -0.05) is 87.6 Å². The topological polar surface area (TPSA) is 27.7 Å². The van der Waals surface area contributed by atoms with Gasteiger partial charge in [-0.05, 0) is 54.7 Å². The van der Waals surface area contributed by atoms with Crippen molar-refractivity contribution in [3.05, 3.63) is 89.8 Å². The van der Waals surface area contributed by atoms with Crippen molar-refractivity contribution in [2.24, 2.45) is 0 Å². The first kappa shape index (κ1) is 30.9. The van der Waals surface area contributed by atoms with E-state index in [0.29, 0.717) is 36.5 Å². The zero-order chi connectivity index (χ0) is 29.0. The lowest BCUT2D eigenvalue weighted by Gasteiger charge is -2.29. The number of hydrogen-bond acceptors (Lipinski definition) is 3. The van der Waals surface area contributed by atoms with Crippen molar-refractivity contribution in [3.63, 3.8) is 0 Å². The lowest BCUT2D eigenvalue weighted by atomic mass is 9.95. The van der Waals surface area contributed by atoms with Gasteiger partial charge in [0.25, 0.3) is 0 Å². The van der Waals surface area contributed by atoms with Crippen LogP contribution in [-0.4, -0.2) is 26.1 Å². The SMILES string of the molecule is C/C=C/CCC1OCC(c2ccc(-c3ccc(-c4ccc(OCCCCCCCC)c(F)c4F)cc3)c(F)c2)CO1. The second-order valence-corrected chi connectivity index (χ2v) is 10.6. The summed E-state index contributed by atoms with van der Waals surface area (Å²) >= 11 is 0. The fraction of sp³-hybridized carbons (Fsp3) is 0.429. The molecular weight excluding hydrogens is 525 g/mol. The predicted molar refractivity (Wildman–Crippen MR) is 159 cm³/mol. The molecule has 1 saturated heterocycles. The number of ether oxygens (including phenoxy) is 3. The fourth-order valence-corrected chi connectivity index (χ4v) is 5.08. The smallest absolute Gasteiger partial charge is 0.201 e. The minimum Gasteiger partial charge on any atom is -0.490 e. The molecule has 0 aliphatic carbocycles. The molecule has 0 unspecified atom stereocenters. The van der Waals surface area contributed by atoms with E-state index >= 15 is 4.39 Å². The summed E-state index contributed by atoms with van der Waals surface area (Å²) in [6.07, 6.45) is 12.1. The summed E-state index contributed by atoms with van der Waals surface area (Å²) in [7, 11) is 0. The molecule has 0 N–H and O–H groups in total. The van der Waals surface area contributed by atoms with Crippen LogP contribution in [0.25, 0.3) is 22.3 Å². The normalized spacial score (nSPS) is 17.3. The molecule has 1 aliphatic rings. The average Bonchev–Trinajstić information content (AvgIpc) is 2.99. The number of halogens is 3. The molecule has 0 atom stereocenters. The molecule has 3 aromatic carbocycles. The maximum Gasteiger partial charge on any atom is 0.201 e. The van der Waals surface area contributed by atoms with Crippen LogP contribution >= 0.6 is 0 Å². The average molecular weight is 567 g/mol. The van der Waals surface area contributed by atoms with Crippen molar-refractivity contribution >= 4 is 0 Å². The second kappa shape index (κ2) is 15.8. The van der Waals surface area contributed by atoms with Crippen molar-refractivity contribution in [2.45, 2.75) is 77.4 Å². The van der Waals surface area contributed by atoms with Gasteiger partial charge in [0.2, 0.25) is 5.82 Å². The number of allylic oxidation sites excluding steroid dienone is 2. The zero-order valence-corrected chi connectivity index (χ0v) is 24.1. The van der Waals surface area contributed by atoms with Gasteiger partial charge in [0, 0.05) is 23.5 Å². The van der Waals surface area contributed by atoms with E-state index in [2.05, 4.69) is 13.0 Å². The molecule has 0 spiro atoms. The second-order valence-electron chi connectivity index (χ2n) is 10.6. The third kappa shape index (κ3) is 8.46. The van der Waals surface area contributed by atoms with Crippen molar-refractivity contribution < 1.29 is 27.4 Å². The van der Waals surface area contributed by atoms with Crippen molar-refractivity contribution in [1.29, 1.82) is 0 Å². The van der Waals surface area contributed by atoms with Gasteiger partial charge in [-0.2, -0.15) is 4.39 Å². The molecule has 1 fully saturated rings. The Kier molecular flexibility index (Phi) is 11.9. The summed E-state index contributed by atoms with van der Waals surface area (Å²) in [6.45, 7) is 5.48. The van der Waals surface area contributed by atoms with Crippen LogP contribution in [0.3, 0.4) is 0 Å². The molecule has 6 heteroatoms. The third-order valence-electron chi connectivity index (χ3n) is 7.55. The van der Waals surface area contributed by atoms with Crippen LogP contribution in [0, 0.1) is 17.5 Å². The quantitative estimate of drug-likeness (QED) is 0.144. The van der Waals surface area contributed by atoms with Gasteiger partial charge in [0.15, 0.2) is 17.9 Å². The van der Waals surface area contributed by atoms with E-state index in [4.69, 9.17) is 14.2 Å². The zero-order valence-electron chi connectivity index (χ0n) is 24.1. The molecule has 0 aromatic heterocycles. The minimum absolute atomic E-state index is 0.0329. The first-order valence-corrected chi connectivity index (χ1v) is 14.9. The summed E-state index contributed by atoms with van der Waals surface area (Å²) in [5, 5.41) is 0. The first-order chi connectivity index (χ1) is 20.0. The van der Waals surface area contributed by atoms with E-state index < -0.39 is 11.6 Å². The monoisotopic (exact) mass is 566 g/mol. The Morgan fingerprint density at radius 1 is 0.805 bits per heavy atom. The van der Waals surface area contributed by atoms with Crippen LogP contribution < -0.4 is 4.74 Å². The van der Waals surface area contributed by atoms with E-state index in [1.54, 1.807) is 30.3 Å². The van der Waals surface area contributed by atoms with Crippen LogP contribution in [0.15, 0.2) is 66.7 Å². The summed E-state index contributed by atoms with van der Waals surface area (Å²) in [5.74, 6) is -2.39. The molecule has 4 rings (SSSR count). The number of benzene rings is 3. The molecule has 0 radical (unpaired) electrons. The molecule has 3 aromatic rings. The van der Waals surface area contributed by atoms with E-state index in [0.717, 1.165) is 37.7 Å². The number of rotatable bonds is 14. The molecule has 0 bridgehead atoms. The van der Waals surface area contributed by atoms with E-state index in [1.165, 1.54) is 37.5 Å². The maximum atomic E-state index is 15.2. The van der Waals surface area contributed by atoms with Crippen LogP contribution in [0.4, 0.5) is 13.2 Å². The summed E-state index contributed by atoms with van der Waals surface area (Å²) in [5.41, 5.74) is 2.55. The summed E-state index contributed by atoms with van der Waals surface area (Å²) in [6, 6.07) is 14.9. The minimum atomic E-state index is -0.987. The lowest BCUT2D eigenvalue weighted by Crippen LogP contribution is -2.30. The Labute approximate surface area is 242 Å². The fourth-order valence-electron chi connectivity index (χ4n) is 5.08. The highest BCUT2D eigenvalue weighted by Gasteiger charge is 2.24. The lowest BCUT2D eigenvalue weighted by molar-refractivity contribution is -0.189. The first-order valence-electron chi connectivity index (χ1n) is 14.9. The molecular formula is C35H41F3O3. The van der Waals surface area contributed by atoms with Crippen molar-refractivity contribution in [1.82, 2.24) is 0 Å². The highest BCUT2D eigenvalue weighted by molar-refractivity contribution is 5.71. The van der Waals surface area contributed by atoms with E-state index in [1.807, 2.05) is 19.1 Å². The molecule has 3 nitrogen and oxygen atoms in total. The van der Waals surface area contributed by atoms with Gasteiger partial charge in [-0.25, -0.2) is 8.78 Å². The largest absolute Gasteiger partial charge is 0.490 e. The highest BCUT2D eigenvalue weighted by atomic mass is 19.2. The van der Waals surface area contributed by atoms with Gasteiger partial charge in [0.1, 0.15) is 5.82 Å². The molecule has 0 saturated carbocycles. The van der Waals surface area contributed by atoms with Gasteiger partial charge in [0.05, 0.1) is 19.8 Å². The van der Waals surface area contributed by atoms with Crippen LogP contribution in [0.2, 0.25) is 0 Å². The molecule has 41 heavy (non-hydrogen) atoms. The molecule has 1 aliphatic heterocycles. The molecule has 1 heterocycles.